The van der Waals surface area contributed by atoms with E-state index in [-0.39, 0.29) is 23.2 Å². The normalized spacial score (nSPS) is 20.1. The molecule has 2 unspecified atom stereocenters. The molecule has 3 rings (SSSR count). The summed E-state index contributed by atoms with van der Waals surface area (Å²) in [6.45, 7) is 0. The molecule has 0 heterocycles. The Hall–Kier alpha value is -2.43. The van der Waals surface area contributed by atoms with Crippen molar-refractivity contribution in [1.82, 2.24) is 5.32 Å². The van der Waals surface area contributed by atoms with Gasteiger partial charge in [-0.15, -0.1) is 0 Å². The van der Waals surface area contributed by atoms with Crippen molar-refractivity contribution < 1.29 is 13.6 Å². The lowest BCUT2D eigenvalue weighted by molar-refractivity contribution is 0.0946. The lowest BCUT2D eigenvalue weighted by Crippen LogP contribution is -2.27. The molecular weight excluding hydrogens is 274 g/mol. The number of rotatable bonds is 3. The Morgan fingerprint density at radius 3 is 2.57 bits per heavy atom. The van der Waals surface area contributed by atoms with Crippen molar-refractivity contribution >= 4 is 11.6 Å². The number of benzene rings is 2. The van der Waals surface area contributed by atoms with E-state index < -0.39 is 17.5 Å². The predicted molar refractivity (Wildman–Crippen MR) is 75.8 cm³/mol. The highest BCUT2D eigenvalue weighted by Crippen LogP contribution is 2.40. The lowest BCUT2D eigenvalue weighted by Gasteiger charge is -2.07. The molecule has 0 saturated heterocycles. The number of hydrogen-bond acceptors (Lipinski definition) is 2. The Morgan fingerprint density at radius 1 is 1.14 bits per heavy atom. The van der Waals surface area contributed by atoms with Crippen LogP contribution < -0.4 is 11.1 Å². The van der Waals surface area contributed by atoms with E-state index in [1.807, 2.05) is 30.3 Å². The molecule has 1 saturated carbocycles. The Morgan fingerprint density at radius 2 is 1.86 bits per heavy atom. The third-order valence-electron chi connectivity index (χ3n) is 3.67. The van der Waals surface area contributed by atoms with Crippen molar-refractivity contribution in [2.75, 3.05) is 5.73 Å². The molecule has 1 aliphatic rings. The van der Waals surface area contributed by atoms with Gasteiger partial charge in [0.2, 0.25) is 0 Å². The van der Waals surface area contributed by atoms with E-state index in [4.69, 9.17) is 5.73 Å². The molecule has 3 N–H and O–H groups in total. The highest BCUT2D eigenvalue weighted by atomic mass is 19.1. The van der Waals surface area contributed by atoms with Gasteiger partial charge < -0.3 is 11.1 Å². The number of hydrogen-bond donors (Lipinski definition) is 2. The van der Waals surface area contributed by atoms with E-state index >= 15 is 0 Å². The molecule has 108 valence electrons. The van der Waals surface area contributed by atoms with Gasteiger partial charge in [-0.3, -0.25) is 4.79 Å². The van der Waals surface area contributed by atoms with Crippen LogP contribution in [0.1, 0.15) is 28.3 Å². The molecule has 2 aromatic rings. The summed E-state index contributed by atoms with van der Waals surface area (Å²) in [5.41, 5.74) is 6.04. The molecule has 1 aliphatic carbocycles. The maximum Gasteiger partial charge on any atom is 0.254 e. The SMILES string of the molecule is Nc1cc(C(=O)NC2CC2c2ccccc2)c(F)cc1F. The van der Waals surface area contributed by atoms with E-state index in [2.05, 4.69) is 5.32 Å². The number of nitrogens with two attached hydrogens (primary N) is 1. The molecule has 0 bridgehead atoms. The number of carbonyl (C=O) groups is 1. The highest BCUT2D eigenvalue weighted by molar-refractivity contribution is 5.95. The topological polar surface area (TPSA) is 55.1 Å². The minimum Gasteiger partial charge on any atom is -0.396 e. The highest BCUT2D eigenvalue weighted by Gasteiger charge is 2.39. The number of nitrogens with one attached hydrogen (secondary N) is 1. The number of nitrogen functional groups attached to an aromatic ring is 1. The molecule has 2 aromatic carbocycles. The van der Waals surface area contributed by atoms with Gasteiger partial charge in [0.15, 0.2) is 0 Å². The molecule has 1 fully saturated rings. The third kappa shape index (κ3) is 2.72. The van der Waals surface area contributed by atoms with Crippen LogP contribution in [0.15, 0.2) is 42.5 Å². The predicted octanol–water partition coefficient (Wildman–Crippen LogP) is 2.83. The molecule has 1 amide bonds. The van der Waals surface area contributed by atoms with Crippen molar-refractivity contribution in [2.24, 2.45) is 0 Å². The molecule has 0 spiro atoms. The van der Waals surface area contributed by atoms with E-state index in [9.17, 15) is 13.6 Å². The lowest BCUT2D eigenvalue weighted by atomic mass is 10.1. The molecule has 0 aromatic heterocycles. The fourth-order valence-corrected chi connectivity index (χ4v) is 2.41. The first-order valence-electron chi connectivity index (χ1n) is 6.66. The average molecular weight is 288 g/mol. The smallest absolute Gasteiger partial charge is 0.254 e. The molecule has 0 radical (unpaired) electrons. The minimum atomic E-state index is -0.906. The Kier molecular flexibility index (Phi) is 3.33. The van der Waals surface area contributed by atoms with Gasteiger partial charge >= 0.3 is 0 Å². The van der Waals surface area contributed by atoms with Crippen LogP contribution in [0.4, 0.5) is 14.5 Å². The zero-order chi connectivity index (χ0) is 15.0. The summed E-state index contributed by atoms with van der Waals surface area (Å²) in [6.07, 6.45) is 0.814. The number of anilines is 1. The summed E-state index contributed by atoms with van der Waals surface area (Å²) in [4.78, 5) is 12.0. The first-order chi connectivity index (χ1) is 10.1. The van der Waals surface area contributed by atoms with Gasteiger partial charge in [0, 0.05) is 18.0 Å². The second kappa shape index (κ2) is 5.16. The van der Waals surface area contributed by atoms with E-state index in [0.29, 0.717) is 6.07 Å². The van der Waals surface area contributed by atoms with Crippen molar-refractivity contribution in [2.45, 2.75) is 18.4 Å². The first kappa shape index (κ1) is 13.5. The van der Waals surface area contributed by atoms with Crippen LogP contribution in [0.3, 0.4) is 0 Å². The van der Waals surface area contributed by atoms with E-state index in [0.717, 1.165) is 18.1 Å². The zero-order valence-corrected chi connectivity index (χ0v) is 11.1. The van der Waals surface area contributed by atoms with Crippen molar-refractivity contribution in [3.63, 3.8) is 0 Å². The van der Waals surface area contributed by atoms with Crippen LogP contribution in [-0.4, -0.2) is 11.9 Å². The van der Waals surface area contributed by atoms with E-state index in [1.165, 1.54) is 0 Å². The zero-order valence-electron chi connectivity index (χ0n) is 11.1. The van der Waals surface area contributed by atoms with Gasteiger partial charge in [0.1, 0.15) is 11.6 Å². The monoisotopic (exact) mass is 288 g/mol. The van der Waals surface area contributed by atoms with Gasteiger partial charge in [-0.1, -0.05) is 30.3 Å². The van der Waals surface area contributed by atoms with Crippen molar-refractivity contribution in [3.05, 3.63) is 65.2 Å². The Balaban J connectivity index is 1.70. The van der Waals surface area contributed by atoms with Gasteiger partial charge in [-0.25, -0.2) is 8.78 Å². The summed E-state index contributed by atoms with van der Waals surface area (Å²) >= 11 is 0. The van der Waals surface area contributed by atoms with Gasteiger partial charge in [0.05, 0.1) is 11.3 Å². The van der Waals surface area contributed by atoms with Crippen LogP contribution in [0.25, 0.3) is 0 Å². The van der Waals surface area contributed by atoms with Crippen LogP contribution in [0.5, 0.6) is 0 Å². The molecule has 0 aliphatic heterocycles. The van der Waals surface area contributed by atoms with E-state index in [1.54, 1.807) is 0 Å². The minimum absolute atomic E-state index is 0.0226. The molecule has 5 heteroatoms. The summed E-state index contributed by atoms with van der Waals surface area (Å²) in [5.74, 6) is -2.09. The first-order valence-corrected chi connectivity index (χ1v) is 6.66. The number of amides is 1. The standard InChI is InChI=1S/C16H14F2N2O/c17-12-8-13(18)14(19)6-11(12)16(21)20-15-7-10(15)9-4-2-1-3-5-9/h1-6,8,10,15H,7,19H2,(H,20,21). The maximum atomic E-state index is 13.6. The number of carbonyl (C=O) groups excluding carboxylic acids is 1. The van der Waals surface area contributed by atoms with Gasteiger partial charge in [-0.2, -0.15) is 0 Å². The van der Waals surface area contributed by atoms with Crippen LogP contribution in [0.2, 0.25) is 0 Å². The van der Waals surface area contributed by atoms with Crippen molar-refractivity contribution in [3.8, 4) is 0 Å². The molecule has 21 heavy (non-hydrogen) atoms. The summed E-state index contributed by atoms with van der Waals surface area (Å²) < 4.78 is 26.7. The summed E-state index contributed by atoms with van der Waals surface area (Å²) in [5, 5.41) is 2.75. The molecule has 3 nitrogen and oxygen atoms in total. The van der Waals surface area contributed by atoms with Gasteiger partial charge in [0.25, 0.3) is 5.91 Å². The second-order valence-corrected chi connectivity index (χ2v) is 5.19. The molecular formula is C16H14F2N2O. The van der Waals surface area contributed by atoms with Crippen molar-refractivity contribution in [1.29, 1.82) is 0 Å². The second-order valence-electron chi connectivity index (χ2n) is 5.19. The molecule has 2 atom stereocenters. The van der Waals surface area contributed by atoms with Gasteiger partial charge in [-0.05, 0) is 18.1 Å². The van der Waals surface area contributed by atoms with Crippen LogP contribution in [0, 0.1) is 11.6 Å². The maximum absolute atomic E-state index is 13.6. The van der Waals surface area contributed by atoms with Crippen LogP contribution in [-0.2, 0) is 0 Å². The fraction of sp³-hybridized carbons (Fsp3) is 0.188. The largest absolute Gasteiger partial charge is 0.396 e. The average Bonchev–Trinajstić information content (AvgIpc) is 3.23. The Bertz CT molecular complexity index is 688. The fourth-order valence-electron chi connectivity index (χ4n) is 2.41. The van der Waals surface area contributed by atoms with Crippen LogP contribution >= 0.6 is 0 Å². The summed E-state index contributed by atoms with van der Waals surface area (Å²) in [6, 6.07) is 11.4. The number of halogens is 2. The Labute approximate surface area is 120 Å². The third-order valence-corrected chi connectivity index (χ3v) is 3.67. The quantitative estimate of drug-likeness (QED) is 0.853. The summed E-state index contributed by atoms with van der Waals surface area (Å²) in [7, 11) is 0.